The number of rotatable bonds is 3. The summed E-state index contributed by atoms with van der Waals surface area (Å²) >= 11 is 0. The second kappa shape index (κ2) is 4.72. The van der Waals surface area contributed by atoms with E-state index in [0.29, 0.717) is 0 Å². The first-order chi connectivity index (χ1) is 7.73. The van der Waals surface area contributed by atoms with Gasteiger partial charge in [0, 0.05) is 0 Å². The van der Waals surface area contributed by atoms with Gasteiger partial charge >= 0.3 is 12.1 Å². The van der Waals surface area contributed by atoms with Gasteiger partial charge in [0.15, 0.2) is 0 Å². The van der Waals surface area contributed by atoms with Crippen molar-refractivity contribution in [3.8, 4) is 0 Å². The molecule has 4 nitrogen and oxygen atoms in total. The quantitative estimate of drug-likeness (QED) is 0.750. The van der Waals surface area contributed by atoms with Crippen LogP contribution >= 0.6 is 0 Å². The molecule has 1 rings (SSSR count). The van der Waals surface area contributed by atoms with Crippen LogP contribution in [-0.2, 0) is 11.0 Å². The summed E-state index contributed by atoms with van der Waals surface area (Å²) in [6.45, 7) is 0. The van der Waals surface area contributed by atoms with Gasteiger partial charge < -0.3 is 15.9 Å². The number of halogens is 3. The van der Waals surface area contributed by atoms with E-state index in [0.717, 1.165) is 24.3 Å². The van der Waals surface area contributed by atoms with Gasteiger partial charge in [0.1, 0.15) is 12.1 Å². The molecule has 0 aliphatic rings. The highest BCUT2D eigenvalue weighted by Gasteiger charge is 2.31. The molecule has 0 aromatic heterocycles. The Hall–Kier alpha value is -1.60. The van der Waals surface area contributed by atoms with E-state index in [1.807, 2.05) is 0 Å². The first-order valence-electron chi connectivity index (χ1n) is 4.57. The lowest BCUT2D eigenvalue weighted by atomic mass is 10.0. The third-order valence-electron chi connectivity index (χ3n) is 2.20. The summed E-state index contributed by atoms with van der Waals surface area (Å²) in [7, 11) is 0. The van der Waals surface area contributed by atoms with Gasteiger partial charge in [0.2, 0.25) is 0 Å². The molecular weight excluding hydrogens is 239 g/mol. The van der Waals surface area contributed by atoms with Crippen molar-refractivity contribution in [2.45, 2.75) is 18.3 Å². The molecule has 0 amide bonds. The Morgan fingerprint density at radius 3 is 2.06 bits per heavy atom. The van der Waals surface area contributed by atoms with Crippen molar-refractivity contribution in [2.24, 2.45) is 5.73 Å². The van der Waals surface area contributed by atoms with Crippen LogP contribution in [-0.4, -0.2) is 22.2 Å². The highest BCUT2D eigenvalue weighted by Crippen LogP contribution is 2.30. The summed E-state index contributed by atoms with van der Waals surface area (Å²) in [6.07, 6.45) is -6.02. The molecule has 0 bridgehead atoms. The third kappa shape index (κ3) is 3.18. The van der Waals surface area contributed by atoms with Gasteiger partial charge in [-0.2, -0.15) is 13.2 Å². The minimum Gasteiger partial charge on any atom is -0.480 e. The van der Waals surface area contributed by atoms with Crippen molar-refractivity contribution in [3.05, 3.63) is 35.4 Å². The van der Waals surface area contributed by atoms with Crippen molar-refractivity contribution in [2.75, 3.05) is 0 Å². The van der Waals surface area contributed by atoms with E-state index < -0.39 is 29.9 Å². The van der Waals surface area contributed by atoms with E-state index in [-0.39, 0.29) is 5.56 Å². The Morgan fingerprint density at radius 1 is 1.24 bits per heavy atom. The van der Waals surface area contributed by atoms with Crippen LogP contribution in [0.15, 0.2) is 24.3 Å². The second-order valence-electron chi connectivity index (χ2n) is 3.43. The molecular formula is C10H10F3NO3. The fraction of sp³-hybridized carbons (Fsp3) is 0.300. The molecule has 1 aromatic rings. The van der Waals surface area contributed by atoms with Gasteiger partial charge in [-0.25, -0.2) is 0 Å². The van der Waals surface area contributed by atoms with E-state index in [9.17, 15) is 23.1 Å². The number of hydrogen-bond donors (Lipinski definition) is 3. The lowest BCUT2D eigenvalue weighted by molar-refractivity contribution is -0.141. The number of benzene rings is 1. The zero-order valence-corrected chi connectivity index (χ0v) is 8.48. The maximum absolute atomic E-state index is 12.2. The SMILES string of the molecule is N[C@H](C(=O)O)[C@@H](O)c1ccc(C(F)(F)F)cc1. The van der Waals surface area contributed by atoms with Crippen LogP contribution in [0, 0.1) is 0 Å². The Labute approximate surface area is 94.5 Å². The van der Waals surface area contributed by atoms with Crippen LogP contribution in [0.1, 0.15) is 17.2 Å². The van der Waals surface area contributed by atoms with E-state index in [4.69, 9.17) is 10.8 Å². The van der Waals surface area contributed by atoms with Crippen molar-refractivity contribution < 1.29 is 28.2 Å². The molecule has 0 aliphatic carbocycles. The molecule has 0 unspecified atom stereocenters. The van der Waals surface area contributed by atoms with Gasteiger partial charge in [-0.1, -0.05) is 12.1 Å². The second-order valence-corrected chi connectivity index (χ2v) is 3.43. The average molecular weight is 249 g/mol. The monoisotopic (exact) mass is 249 g/mol. The molecule has 0 radical (unpaired) electrons. The molecule has 0 saturated heterocycles. The maximum atomic E-state index is 12.2. The van der Waals surface area contributed by atoms with Crippen LogP contribution in [0.5, 0.6) is 0 Å². The summed E-state index contributed by atoms with van der Waals surface area (Å²) in [5.41, 5.74) is 4.29. The number of nitrogens with two attached hydrogens (primary N) is 1. The molecule has 94 valence electrons. The minimum atomic E-state index is -4.47. The van der Waals surface area contributed by atoms with Crippen LogP contribution < -0.4 is 5.73 Å². The number of aliphatic carboxylic acids is 1. The number of aliphatic hydroxyl groups excluding tert-OH is 1. The standard InChI is InChI=1S/C10H10F3NO3/c11-10(12,13)6-3-1-5(2-4-6)8(15)7(14)9(16)17/h1-4,7-8,15H,14H2,(H,16,17)/t7-,8-/m0/s1. The minimum absolute atomic E-state index is 0.0212. The third-order valence-corrected chi connectivity index (χ3v) is 2.20. The van der Waals surface area contributed by atoms with E-state index in [2.05, 4.69) is 0 Å². The highest BCUT2D eigenvalue weighted by atomic mass is 19.4. The Kier molecular flexibility index (Phi) is 3.74. The van der Waals surface area contributed by atoms with Gasteiger partial charge in [0.05, 0.1) is 5.56 Å². The number of carboxylic acid groups (broad SMARTS) is 1. The maximum Gasteiger partial charge on any atom is 0.416 e. The fourth-order valence-electron chi connectivity index (χ4n) is 1.21. The molecule has 4 N–H and O–H groups in total. The summed E-state index contributed by atoms with van der Waals surface area (Å²) in [5, 5.41) is 18.0. The van der Waals surface area contributed by atoms with Crippen molar-refractivity contribution in [1.29, 1.82) is 0 Å². The van der Waals surface area contributed by atoms with Crippen molar-refractivity contribution >= 4 is 5.97 Å². The molecule has 0 heterocycles. The molecule has 0 saturated carbocycles. The molecule has 17 heavy (non-hydrogen) atoms. The summed E-state index contributed by atoms with van der Waals surface area (Å²) in [5.74, 6) is -1.43. The van der Waals surface area contributed by atoms with Gasteiger partial charge in [0.25, 0.3) is 0 Å². The number of alkyl halides is 3. The first kappa shape index (κ1) is 13.5. The van der Waals surface area contributed by atoms with E-state index in [1.54, 1.807) is 0 Å². The zero-order chi connectivity index (χ0) is 13.2. The molecule has 0 aliphatic heterocycles. The predicted octanol–water partition coefficient (Wildman–Crippen LogP) is 1.15. The fourth-order valence-corrected chi connectivity index (χ4v) is 1.21. The van der Waals surface area contributed by atoms with Crippen LogP contribution in [0.25, 0.3) is 0 Å². The van der Waals surface area contributed by atoms with Gasteiger partial charge in [-0.05, 0) is 17.7 Å². The topological polar surface area (TPSA) is 83.6 Å². The Morgan fingerprint density at radius 2 is 1.71 bits per heavy atom. The van der Waals surface area contributed by atoms with Crippen LogP contribution in [0.4, 0.5) is 13.2 Å². The summed E-state index contributed by atoms with van der Waals surface area (Å²) in [6, 6.07) is 1.93. The van der Waals surface area contributed by atoms with E-state index in [1.165, 1.54) is 0 Å². The Balaban J connectivity index is 2.92. The van der Waals surface area contributed by atoms with Gasteiger partial charge in [-0.3, -0.25) is 4.79 Å². The number of aliphatic hydroxyl groups is 1. The molecule has 1 aromatic carbocycles. The molecule has 2 atom stereocenters. The number of hydrogen-bond acceptors (Lipinski definition) is 3. The normalized spacial score (nSPS) is 15.4. The lowest BCUT2D eigenvalue weighted by Crippen LogP contribution is -2.36. The van der Waals surface area contributed by atoms with E-state index >= 15 is 0 Å². The predicted molar refractivity (Wildman–Crippen MR) is 52.0 cm³/mol. The van der Waals surface area contributed by atoms with Crippen LogP contribution in [0.3, 0.4) is 0 Å². The molecule has 0 fully saturated rings. The van der Waals surface area contributed by atoms with Crippen molar-refractivity contribution in [3.63, 3.8) is 0 Å². The summed E-state index contributed by atoms with van der Waals surface area (Å²) in [4.78, 5) is 10.5. The van der Waals surface area contributed by atoms with Gasteiger partial charge in [-0.15, -0.1) is 0 Å². The largest absolute Gasteiger partial charge is 0.480 e. The number of carboxylic acids is 1. The summed E-state index contributed by atoms with van der Waals surface area (Å²) < 4.78 is 36.7. The first-order valence-corrected chi connectivity index (χ1v) is 4.57. The smallest absolute Gasteiger partial charge is 0.416 e. The van der Waals surface area contributed by atoms with Crippen LogP contribution in [0.2, 0.25) is 0 Å². The lowest BCUT2D eigenvalue weighted by Gasteiger charge is -2.16. The van der Waals surface area contributed by atoms with Crippen molar-refractivity contribution in [1.82, 2.24) is 0 Å². The zero-order valence-electron chi connectivity index (χ0n) is 8.48. The molecule has 7 heteroatoms. The molecule has 0 spiro atoms. The number of carbonyl (C=O) groups is 1. The average Bonchev–Trinajstić information content (AvgIpc) is 2.26. The Bertz CT molecular complexity index is 402. The highest BCUT2D eigenvalue weighted by molar-refractivity contribution is 5.74.